The number of rotatable bonds is 1. The second-order valence-electron chi connectivity index (χ2n) is 2.24. The molecule has 1 aromatic carbocycles. The molecule has 1 rings (SSSR count). The maximum atomic E-state index is 12.8. The number of halogens is 2. The monoisotopic (exact) mass is 175 g/mol. The van der Waals surface area contributed by atoms with E-state index in [0.29, 0.717) is 0 Å². The average molecular weight is 175 g/mol. The van der Waals surface area contributed by atoms with Crippen LogP contribution in [0.3, 0.4) is 0 Å². The van der Waals surface area contributed by atoms with Gasteiger partial charge in [0, 0.05) is 0 Å². The molecule has 1 aromatic rings. The highest BCUT2D eigenvalue weighted by molar-refractivity contribution is 5.43. The third-order valence-electron chi connectivity index (χ3n) is 1.41. The quantitative estimate of drug-likeness (QED) is 0.431. The summed E-state index contributed by atoms with van der Waals surface area (Å²) in [5.41, 5.74) is 3.92. The standard InChI is InChI=1S/C7H7F2NO2/c8-3-1-2-4(10)6(9)5(3)7(11)12/h1-2,7,11-12H,10H2. The number of aliphatic hydroxyl groups excluding tert-OH is 1. The van der Waals surface area contributed by atoms with Gasteiger partial charge in [0.15, 0.2) is 12.1 Å². The molecular formula is C7H7F2NO2. The molecule has 0 spiro atoms. The molecule has 0 unspecified atom stereocenters. The lowest BCUT2D eigenvalue weighted by Crippen LogP contribution is -2.05. The van der Waals surface area contributed by atoms with Crippen molar-refractivity contribution < 1.29 is 19.0 Å². The molecule has 0 aliphatic heterocycles. The fourth-order valence-electron chi connectivity index (χ4n) is 0.823. The van der Waals surface area contributed by atoms with E-state index >= 15 is 0 Å². The summed E-state index contributed by atoms with van der Waals surface area (Å²) in [5.74, 6) is -2.17. The van der Waals surface area contributed by atoms with E-state index in [1.807, 2.05) is 0 Å². The second kappa shape index (κ2) is 3.04. The van der Waals surface area contributed by atoms with Gasteiger partial charge in [-0.25, -0.2) is 8.78 Å². The summed E-state index contributed by atoms with van der Waals surface area (Å²) in [4.78, 5) is 0. The van der Waals surface area contributed by atoms with Crippen molar-refractivity contribution in [1.29, 1.82) is 0 Å². The van der Waals surface area contributed by atoms with Crippen LogP contribution in [0.15, 0.2) is 12.1 Å². The van der Waals surface area contributed by atoms with Gasteiger partial charge in [0.2, 0.25) is 0 Å². The maximum Gasteiger partial charge on any atom is 0.184 e. The van der Waals surface area contributed by atoms with Gasteiger partial charge in [-0.3, -0.25) is 0 Å². The summed E-state index contributed by atoms with van der Waals surface area (Å²) in [7, 11) is 0. The number of anilines is 1. The van der Waals surface area contributed by atoms with Gasteiger partial charge < -0.3 is 15.9 Å². The van der Waals surface area contributed by atoms with Crippen molar-refractivity contribution in [3.8, 4) is 0 Å². The van der Waals surface area contributed by atoms with Gasteiger partial charge in [-0.15, -0.1) is 0 Å². The summed E-state index contributed by atoms with van der Waals surface area (Å²) in [6, 6.07) is 1.88. The molecule has 0 aliphatic carbocycles. The van der Waals surface area contributed by atoms with Crippen LogP contribution in [0.25, 0.3) is 0 Å². The van der Waals surface area contributed by atoms with E-state index in [-0.39, 0.29) is 5.69 Å². The van der Waals surface area contributed by atoms with E-state index < -0.39 is 23.5 Å². The number of nitrogens with two attached hydrogens (primary N) is 1. The molecule has 4 N–H and O–H groups in total. The average Bonchev–Trinajstić information content (AvgIpc) is 1.97. The summed E-state index contributed by atoms with van der Waals surface area (Å²) in [6.45, 7) is 0. The van der Waals surface area contributed by atoms with Gasteiger partial charge in [-0.2, -0.15) is 0 Å². The summed E-state index contributed by atoms with van der Waals surface area (Å²) < 4.78 is 25.5. The SMILES string of the molecule is Nc1ccc(F)c(C(O)O)c1F. The molecule has 0 saturated carbocycles. The minimum Gasteiger partial charge on any atom is -0.396 e. The Hall–Kier alpha value is -1.20. The van der Waals surface area contributed by atoms with Crippen molar-refractivity contribution in [3.63, 3.8) is 0 Å². The van der Waals surface area contributed by atoms with Crippen molar-refractivity contribution in [3.05, 3.63) is 29.3 Å². The Morgan fingerprint density at radius 3 is 2.25 bits per heavy atom. The van der Waals surface area contributed by atoms with Gasteiger partial charge in [-0.1, -0.05) is 0 Å². The van der Waals surface area contributed by atoms with Gasteiger partial charge in [0.05, 0.1) is 11.3 Å². The van der Waals surface area contributed by atoms with Crippen LogP contribution in [-0.2, 0) is 0 Å². The summed E-state index contributed by atoms with van der Waals surface area (Å²) in [6.07, 6.45) is -2.19. The third kappa shape index (κ3) is 1.37. The highest BCUT2D eigenvalue weighted by atomic mass is 19.1. The largest absolute Gasteiger partial charge is 0.396 e. The topological polar surface area (TPSA) is 66.5 Å². The van der Waals surface area contributed by atoms with Crippen LogP contribution in [0.4, 0.5) is 14.5 Å². The van der Waals surface area contributed by atoms with Gasteiger partial charge in [0.25, 0.3) is 0 Å². The fraction of sp³-hybridized carbons (Fsp3) is 0.143. The zero-order valence-electron chi connectivity index (χ0n) is 5.96. The van der Waals surface area contributed by atoms with E-state index in [1.54, 1.807) is 0 Å². The predicted molar refractivity (Wildman–Crippen MR) is 37.9 cm³/mol. The molecule has 0 aliphatic rings. The zero-order valence-corrected chi connectivity index (χ0v) is 5.96. The molecule has 66 valence electrons. The number of hydrogen-bond acceptors (Lipinski definition) is 3. The number of nitrogen functional groups attached to an aromatic ring is 1. The Bertz CT molecular complexity index is 302. The molecule has 3 nitrogen and oxygen atoms in total. The highest BCUT2D eigenvalue weighted by Gasteiger charge is 2.17. The first-order valence-electron chi connectivity index (χ1n) is 3.13. The minimum absolute atomic E-state index is 0.320. The van der Waals surface area contributed by atoms with Crippen LogP contribution in [0.2, 0.25) is 0 Å². The van der Waals surface area contributed by atoms with Gasteiger partial charge in [0.1, 0.15) is 5.82 Å². The molecule has 5 heteroatoms. The van der Waals surface area contributed by atoms with Crippen molar-refractivity contribution in [1.82, 2.24) is 0 Å². The lowest BCUT2D eigenvalue weighted by molar-refractivity contribution is -0.0474. The van der Waals surface area contributed by atoms with Gasteiger partial charge >= 0.3 is 0 Å². The molecule has 0 bridgehead atoms. The highest BCUT2D eigenvalue weighted by Crippen LogP contribution is 2.22. The number of benzene rings is 1. The molecule has 0 fully saturated rings. The van der Waals surface area contributed by atoms with Crippen molar-refractivity contribution in [2.45, 2.75) is 6.29 Å². The molecule has 0 heterocycles. The Morgan fingerprint density at radius 1 is 1.25 bits per heavy atom. The third-order valence-corrected chi connectivity index (χ3v) is 1.41. The van der Waals surface area contributed by atoms with Crippen molar-refractivity contribution in [2.75, 3.05) is 5.73 Å². The van der Waals surface area contributed by atoms with E-state index in [0.717, 1.165) is 12.1 Å². The zero-order chi connectivity index (χ0) is 9.30. The van der Waals surface area contributed by atoms with E-state index in [1.165, 1.54) is 0 Å². The first-order chi connectivity index (χ1) is 5.54. The number of aliphatic hydroxyl groups is 2. The van der Waals surface area contributed by atoms with Crippen LogP contribution in [0.5, 0.6) is 0 Å². The van der Waals surface area contributed by atoms with E-state index in [4.69, 9.17) is 15.9 Å². The van der Waals surface area contributed by atoms with Crippen molar-refractivity contribution >= 4 is 5.69 Å². The summed E-state index contributed by atoms with van der Waals surface area (Å²) >= 11 is 0. The lowest BCUT2D eigenvalue weighted by atomic mass is 10.1. The van der Waals surface area contributed by atoms with Crippen molar-refractivity contribution in [2.24, 2.45) is 0 Å². The van der Waals surface area contributed by atoms with E-state index in [2.05, 4.69) is 0 Å². The van der Waals surface area contributed by atoms with Crippen LogP contribution in [-0.4, -0.2) is 10.2 Å². The molecule has 0 saturated heterocycles. The predicted octanol–water partition coefficient (Wildman–Crippen LogP) is 0.530. The first-order valence-corrected chi connectivity index (χ1v) is 3.13. The van der Waals surface area contributed by atoms with Crippen LogP contribution >= 0.6 is 0 Å². The number of hydrogen-bond donors (Lipinski definition) is 3. The molecule has 0 aromatic heterocycles. The first kappa shape index (κ1) is 8.89. The van der Waals surface area contributed by atoms with Crippen LogP contribution in [0.1, 0.15) is 11.9 Å². The van der Waals surface area contributed by atoms with Crippen LogP contribution < -0.4 is 5.73 Å². The summed E-state index contributed by atoms with van der Waals surface area (Å²) in [5, 5.41) is 17.1. The molecule has 0 radical (unpaired) electrons. The second-order valence-corrected chi connectivity index (χ2v) is 2.24. The molecule has 0 atom stereocenters. The normalized spacial score (nSPS) is 10.8. The lowest BCUT2D eigenvalue weighted by Gasteiger charge is -2.07. The molecule has 0 amide bonds. The Labute approximate surface area is 67.1 Å². The fourth-order valence-corrected chi connectivity index (χ4v) is 0.823. The maximum absolute atomic E-state index is 12.8. The Kier molecular flexibility index (Phi) is 2.25. The molecule has 12 heavy (non-hydrogen) atoms. The minimum atomic E-state index is -2.19. The van der Waals surface area contributed by atoms with Crippen LogP contribution in [0, 0.1) is 11.6 Å². The van der Waals surface area contributed by atoms with E-state index in [9.17, 15) is 8.78 Å². The van der Waals surface area contributed by atoms with Gasteiger partial charge in [-0.05, 0) is 12.1 Å². The molecular weight excluding hydrogens is 168 g/mol. The smallest absolute Gasteiger partial charge is 0.184 e. The Morgan fingerprint density at radius 2 is 1.83 bits per heavy atom. The Balaban J connectivity index is 3.33.